The largest absolute Gasteiger partial charge is 0.494 e. The second-order valence-electron chi connectivity index (χ2n) is 2.61. The van der Waals surface area contributed by atoms with Gasteiger partial charge >= 0.3 is 0 Å². The number of hydrogen-bond acceptors (Lipinski definition) is 2. The third-order valence-corrected chi connectivity index (χ3v) is 1.59. The number of methoxy groups -OCH3 is 1. The van der Waals surface area contributed by atoms with E-state index in [0.717, 1.165) is 0 Å². The zero-order chi connectivity index (χ0) is 9.84. The molecule has 1 rings (SSSR count). The predicted octanol–water partition coefficient (Wildman–Crippen LogP) is 1.44. The van der Waals surface area contributed by atoms with Gasteiger partial charge in [0.15, 0.2) is 11.6 Å². The Labute approximate surface area is 91.8 Å². The van der Waals surface area contributed by atoms with Crippen LogP contribution in [0.5, 0.6) is 5.75 Å². The number of carbonyl (C=O) groups excluding carboxylic acids is 1. The standard InChI is InChI=1S/C9H10FNO2.BrH/c1-13-8-3-2-6(4-7(8)10)5-9(11)12;/h2-4H,5H2,1H3,(H2,11,12);1H. The summed E-state index contributed by atoms with van der Waals surface area (Å²) in [6.45, 7) is 0. The van der Waals surface area contributed by atoms with Crippen LogP contribution >= 0.6 is 17.0 Å². The highest BCUT2D eigenvalue weighted by molar-refractivity contribution is 8.93. The van der Waals surface area contributed by atoms with Gasteiger partial charge in [0.25, 0.3) is 0 Å². The Morgan fingerprint density at radius 2 is 2.21 bits per heavy atom. The van der Waals surface area contributed by atoms with Gasteiger partial charge in [-0.1, -0.05) is 6.07 Å². The average Bonchev–Trinajstić information content (AvgIpc) is 2.03. The van der Waals surface area contributed by atoms with E-state index in [1.165, 1.54) is 19.2 Å². The summed E-state index contributed by atoms with van der Waals surface area (Å²) in [5, 5.41) is 0. The monoisotopic (exact) mass is 263 g/mol. The van der Waals surface area contributed by atoms with Crippen LogP contribution in [0.15, 0.2) is 18.2 Å². The smallest absolute Gasteiger partial charge is 0.221 e. The highest BCUT2D eigenvalue weighted by Gasteiger charge is 2.04. The molecule has 0 unspecified atom stereocenters. The van der Waals surface area contributed by atoms with Gasteiger partial charge in [0.05, 0.1) is 13.5 Å². The van der Waals surface area contributed by atoms with E-state index in [-0.39, 0.29) is 29.2 Å². The molecule has 0 spiro atoms. The number of benzene rings is 1. The van der Waals surface area contributed by atoms with Gasteiger partial charge in [0, 0.05) is 0 Å². The van der Waals surface area contributed by atoms with Gasteiger partial charge in [-0.15, -0.1) is 17.0 Å². The number of amides is 1. The van der Waals surface area contributed by atoms with E-state index in [4.69, 9.17) is 10.5 Å². The second kappa shape index (κ2) is 5.59. The highest BCUT2D eigenvalue weighted by atomic mass is 79.9. The molecule has 0 aliphatic heterocycles. The van der Waals surface area contributed by atoms with E-state index in [0.29, 0.717) is 5.56 Å². The van der Waals surface area contributed by atoms with Crippen molar-refractivity contribution in [3.05, 3.63) is 29.6 Å². The third-order valence-electron chi connectivity index (χ3n) is 1.59. The molecular weight excluding hydrogens is 253 g/mol. The van der Waals surface area contributed by atoms with Crippen molar-refractivity contribution in [2.45, 2.75) is 6.42 Å². The molecule has 0 saturated heterocycles. The van der Waals surface area contributed by atoms with Crippen molar-refractivity contribution in [1.82, 2.24) is 0 Å². The number of halogens is 2. The van der Waals surface area contributed by atoms with E-state index < -0.39 is 11.7 Å². The van der Waals surface area contributed by atoms with Crippen molar-refractivity contribution in [1.29, 1.82) is 0 Å². The molecule has 0 fully saturated rings. The molecule has 3 nitrogen and oxygen atoms in total. The van der Waals surface area contributed by atoms with Crippen molar-refractivity contribution in [2.75, 3.05) is 7.11 Å². The molecule has 0 saturated carbocycles. The Bertz CT molecular complexity index is 331. The third kappa shape index (κ3) is 3.33. The number of hydrogen-bond donors (Lipinski definition) is 1. The van der Waals surface area contributed by atoms with Crippen molar-refractivity contribution in [3.63, 3.8) is 0 Å². The second-order valence-corrected chi connectivity index (χ2v) is 2.61. The molecule has 0 aromatic heterocycles. The quantitative estimate of drug-likeness (QED) is 0.898. The fourth-order valence-corrected chi connectivity index (χ4v) is 1.02. The molecule has 14 heavy (non-hydrogen) atoms. The van der Waals surface area contributed by atoms with Crippen LogP contribution in [-0.2, 0) is 11.2 Å². The average molecular weight is 264 g/mol. The van der Waals surface area contributed by atoms with E-state index in [9.17, 15) is 9.18 Å². The van der Waals surface area contributed by atoms with Gasteiger partial charge in [-0.2, -0.15) is 0 Å². The SMILES string of the molecule is Br.COc1ccc(CC(N)=O)cc1F. The van der Waals surface area contributed by atoms with Crippen LogP contribution in [0, 0.1) is 5.82 Å². The summed E-state index contributed by atoms with van der Waals surface area (Å²) in [6.07, 6.45) is 0.0426. The molecule has 1 aromatic carbocycles. The van der Waals surface area contributed by atoms with E-state index in [1.54, 1.807) is 6.07 Å². The zero-order valence-electron chi connectivity index (χ0n) is 7.62. The number of carbonyl (C=O) groups is 1. The zero-order valence-corrected chi connectivity index (χ0v) is 9.33. The lowest BCUT2D eigenvalue weighted by atomic mass is 10.1. The van der Waals surface area contributed by atoms with Crippen LogP contribution in [0.25, 0.3) is 0 Å². The van der Waals surface area contributed by atoms with Gasteiger partial charge in [-0.05, 0) is 17.7 Å². The van der Waals surface area contributed by atoms with Gasteiger partial charge in [0.2, 0.25) is 5.91 Å². The number of rotatable bonds is 3. The van der Waals surface area contributed by atoms with E-state index in [1.807, 2.05) is 0 Å². The lowest BCUT2D eigenvalue weighted by Gasteiger charge is -2.03. The lowest BCUT2D eigenvalue weighted by Crippen LogP contribution is -2.13. The number of nitrogens with two attached hydrogens (primary N) is 1. The minimum absolute atomic E-state index is 0. The van der Waals surface area contributed by atoms with Crippen LogP contribution in [0.1, 0.15) is 5.56 Å². The minimum atomic E-state index is -0.485. The summed E-state index contributed by atoms with van der Waals surface area (Å²) >= 11 is 0. The molecule has 1 aromatic rings. The maximum Gasteiger partial charge on any atom is 0.221 e. The Hall–Kier alpha value is -1.10. The van der Waals surface area contributed by atoms with Crippen LogP contribution in [0.3, 0.4) is 0 Å². The van der Waals surface area contributed by atoms with Crippen LogP contribution in [-0.4, -0.2) is 13.0 Å². The topological polar surface area (TPSA) is 52.3 Å². The Kier molecular flexibility index (Phi) is 5.15. The first-order valence-electron chi connectivity index (χ1n) is 3.74. The summed E-state index contributed by atoms with van der Waals surface area (Å²) < 4.78 is 17.7. The fraction of sp³-hybridized carbons (Fsp3) is 0.222. The summed E-state index contributed by atoms with van der Waals surface area (Å²) in [6, 6.07) is 4.31. The maximum absolute atomic E-state index is 13.0. The maximum atomic E-state index is 13.0. The first kappa shape index (κ1) is 12.9. The molecule has 0 aliphatic rings. The first-order valence-corrected chi connectivity index (χ1v) is 3.74. The normalized spacial score (nSPS) is 9.00. The Morgan fingerprint density at radius 1 is 1.57 bits per heavy atom. The number of ether oxygens (including phenoxy) is 1. The van der Waals surface area contributed by atoms with Crippen LogP contribution < -0.4 is 10.5 Å². The van der Waals surface area contributed by atoms with E-state index >= 15 is 0 Å². The molecular formula is C9H11BrFNO2. The molecule has 2 N–H and O–H groups in total. The molecule has 78 valence electrons. The number of primary amides is 1. The van der Waals surface area contributed by atoms with Gasteiger partial charge < -0.3 is 10.5 Å². The highest BCUT2D eigenvalue weighted by Crippen LogP contribution is 2.17. The summed E-state index contributed by atoms with van der Waals surface area (Å²) in [5.74, 6) is -0.806. The van der Waals surface area contributed by atoms with Gasteiger partial charge in [-0.25, -0.2) is 4.39 Å². The molecule has 0 radical (unpaired) electrons. The lowest BCUT2D eigenvalue weighted by molar-refractivity contribution is -0.117. The van der Waals surface area contributed by atoms with Crippen molar-refractivity contribution < 1.29 is 13.9 Å². The molecule has 0 aliphatic carbocycles. The molecule has 0 bridgehead atoms. The van der Waals surface area contributed by atoms with Crippen LogP contribution in [0.4, 0.5) is 4.39 Å². The van der Waals surface area contributed by atoms with Gasteiger partial charge in [0.1, 0.15) is 0 Å². The van der Waals surface area contributed by atoms with E-state index in [2.05, 4.69) is 0 Å². The molecule has 1 amide bonds. The summed E-state index contributed by atoms with van der Waals surface area (Å²) in [5.41, 5.74) is 5.50. The predicted molar refractivity (Wildman–Crippen MR) is 56.2 cm³/mol. The van der Waals surface area contributed by atoms with Crippen molar-refractivity contribution in [3.8, 4) is 5.75 Å². The molecule has 0 atom stereocenters. The van der Waals surface area contributed by atoms with Gasteiger partial charge in [-0.3, -0.25) is 4.79 Å². The molecule has 0 heterocycles. The molecule has 5 heteroatoms. The van der Waals surface area contributed by atoms with Crippen molar-refractivity contribution in [2.24, 2.45) is 5.73 Å². The first-order chi connectivity index (χ1) is 6.13. The Balaban J connectivity index is 0.00000169. The summed E-state index contributed by atoms with van der Waals surface area (Å²) in [4.78, 5) is 10.5. The minimum Gasteiger partial charge on any atom is -0.494 e. The fourth-order valence-electron chi connectivity index (χ4n) is 1.02. The summed E-state index contributed by atoms with van der Waals surface area (Å²) in [7, 11) is 1.38. The van der Waals surface area contributed by atoms with Crippen LogP contribution in [0.2, 0.25) is 0 Å². The Morgan fingerprint density at radius 3 is 2.64 bits per heavy atom. The van der Waals surface area contributed by atoms with Crippen molar-refractivity contribution >= 4 is 22.9 Å².